The summed E-state index contributed by atoms with van der Waals surface area (Å²) < 4.78 is 14.3. The van der Waals surface area contributed by atoms with Crippen molar-refractivity contribution in [1.82, 2.24) is 14.5 Å². The minimum absolute atomic E-state index is 0.0202. The highest BCUT2D eigenvalue weighted by Gasteiger charge is 2.26. The number of nitrogens with zero attached hydrogens (tertiary/aromatic N) is 2. The first-order chi connectivity index (χ1) is 15.8. The summed E-state index contributed by atoms with van der Waals surface area (Å²) >= 11 is 0. The Morgan fingerprint density at radius 1 is 1.06 bits per heavy atom. The van der Waals surface area contributed by atoms with Gasteiger partial charge in [0.2, 0.25) is 5.91 Å². The van der Waals surface area contributed by atoms with Gasteiger partial charge in [-0.1, -0.05) is 0 Å². The summed E-state index contributed by atoms with van der Waals surface area (Å²) in [6.45, 7) is 3.43. The van der Waals surface area contributed by atoms with Crippen LogP contribution in [0.2, 0.25) is 0 Å². The highest BCUT2D eigenvalue weighted by Crippen LogP contribution is 2.22. The second kappa shape index (κ2) is 9.50. The van der Waals surface area contributed by atoms with Gasteiger partial charge in [0.25, 0.3) is 5.56 Å². The molecule has 2 aromatic carbocycles. The zero-order valence-electron chi connectivity index (χ0n) is 18.3. The molecule has 2 heterocycles. The number of H-pyrrole nitrogens is 1. The van der Waals surface area contributed by atoms with Crippen molar-refractivity contribution in [2.45, 2.75) is 26.3 Å². The Morgan fingerprint density at radius 3 is 2.42 bits per heavy atom. The fourth-order valence-corrected chi connectivity index (χ4v) is 4.24. The van der Waals surface area contributed by atoms with Crippen LogP contribution < -0.4 is 16.6 Å². The van der Waals surface area contributed by atoms with Crippen LogP contribution in [0.4, 0.5) is 10.1 Å². The fourth-order valence-electron chi connectivity index (χ4n) is 4.24. The summed E-state index contributed by atoms with van der Waals surface area (Å²) in [6, 6.07) is 10.4. The molecule has 8 nitrogen and oxygen atoms in total. The van der Waals surface area contributed by atoms with Gasteiger partial charge in [0, 0.05) is 37.2 Å². The molecule has 0 atom stereocenters. The first kappa shape index (κ1) is 22.6. The van der Waals surface area contributed by atoms with Crippen LogP contribution in [0.3, 0.4) is 0 Å². The number of anilines is 1. The highest BCUT2D eigenvalue weighted by molar-refractivity contribution is 5.97. The van der Waals surface area contributed by atoms with Crippen LogP contribution in [0.5, 0.6) is 0 Å². The Labute approximate surface area is 189 Å². The number of hydrogen-bond donors (Lipinski definition) is 2. The minimum Gasteiger partial charge on any atom is -0.326 e. The molecule has 1 aliphatic heterocycles. The van der Waals surface area contributed by atoms with Crippen LogP contribution in [-0.4, -0.2) is 45.8 Å². The van der Waals surface area contributed by atoms with Gasteiger partial charge in [-0.05, 0) is 68.4 Å². The smallest absolute Gasteiger partial charge is 0.326 e. The van der Waals surface area contributed by atoms with E-state index in [1.54, 1.807) is 18.2 Å². The van der Waals surface area contributed by atoms with Gasteiger partial charge in [0.15, 0.2) is 5.78 Å². The molecule has 4 rings (SSSR count). The molecule has 0 spiro atoms. The lowest BCUT2D eigenvalue weighted by atomic mass is 9.89. The van der Waals surface area contributed by atoms with Crippen LogP contribution in [0.1, 0.15) is 30.1 Å². The molecule has 1 fully saturated rings. The molecule has 0 radical (unpaired) electrons. The lowest BCUT2D eigenvalue weighted by Crippen LogP contribution is -2.42. The molecule has 0 saturated carbocycles. The van der Waals surface area contributed by atoms with Gasteiger partial charge in [0.1, 0.15) is 5.82 Å². The van der Waals surface area contributed by atoms with Gasteiger partial charge in [-0.15, -0.1) is 0 Å². The van der Waals surface area contributed by atoms with E-state index >= 15 is 0 Å². The SMILES string of the molecule is CC(=O)Nc1ccc2[nH]c(=O)n(CCN3CCC(C(=O)c4ccc(F)cc4)CC3)c(=O)c2c1. The summed E-state index contributed by atoms with van der Waals surface area (Å²) in [4.78, 5) is 54.2. The topological polar surface area (TPSA) is 104 Å². The molecule has 1 amide bonds. The normalized spacial score (nSPS) is 15.0. The standard InChI is InChI=1S/C24H25FN4O4/c1-15(30)26-19-6-7-21-20(14-19)23(32)29(24(33)27-21)13-12-28-10-8-17(9-11-28)22(31)16-2-4-18(25)5-3-16/h2-7,14,17H,8-13H2,1H3,(H,26,30)(H,27,33). The third kappa shape index (κ3) is 5.09. The second-order valence-corrected chi connectivity index (χ2v) is 8.32. The van der Waals surface area contributed by atoms with E-state index in [-0.39, 0.29) is 30.0 Å². The van der Waals surface area contributed by atoms with Crippen molar-refractivity contribution in [3.05, 3.63) is 74.7 Å². The van der Waals surface area contributed by atoms with Crippen LogP contribution in [0, 0.1) is 11.7 Å². The van der Waals surface area contributed by atoms with Crippen molar-refractivity contribution < 1.29 is 14.0 Å². The van der Waals surface area contributed by atoms with E-state index in [0.717, 1.165) is 4.57 Å². The highest BCUT2D eigenvalue weighted by atomic mass is 19.1. The monoisotopic (exact) mass is 452 g/mol. The molecule has 1 aromatic heterocycles. The number of halogens is 1. The Morgan fingerprint density at radius 2 is 1.76 bits per heavy atom. The number of carbonyl (C=O) groups excluding carboxylic acids is 2. The van der Waals surface area contributed by atoms with E-state index in [2.05, 4.69) is 15.2 Å². The molecule has 0 unspecified atom stereocenters. The first-order valence-corrected chi connectivity index (χ1v) is 10.9. The van der Waals surface area contributed by atoms with Gasteiger partial charge in [-0.25, -0.2) is 9.18 Å². The Balaban J connectivity index is 1.41. The summed E-state index contributed by atoms with van der Waals surface area (Å²) in [7, 11) is 0. The van der Waals surface area contributed by atoms with Gasteiger partial charge in [0.05, 0.1) is 10.9 Å². The lowest BCUT2D eigenvalue weighted by Gasteiger charge is -2.31. The number of Topliss-reactive ketones (excluding diaryl/α,β-unsaturated/α-hetero) is 1. The maximum atomic E-state index is 13.1. The molecule has 172 valence electrons. The van der Waals surface area contributed by atoms with Crippen molar-refractivity contribution in [2.24, 2.45) is 5.92 Å². The van der Waals surface area contributed by atoms with Crippen LogP contribution >= 0.6 is 0 Å². The number of benzene rings is 2. The first-order valence-electron chi connectivity index (χ1n) is 10.9. The van der Waals surface area contributed by atoms with E-state index < -0.39 is 11.2 Å². The molecule has 33 heavy (non-hydrogen) atoms. The average molecular weight is 452 g/mol. The Hall–Kier alpha value is -3.59. The van der Waals surface area contributed by atoms with Gasteiger partial charge >= 0.3 is 5.69 Å². The number of piperidine rings is 1. The molecule has 1 saturated heterocycles. The maximum Gasteiger partial charge on any atom is 0.328 e. The minimum atomic E-state index is -0.485. The second-order valence-electron chi connectivity index (χ2n) is 8.32. The molecular formula is C24H25FN4O4. The summed E-state index contributed by atoms with van der Waals surface area (Å²) in [5.41, 5.74) is 0.514. The zero-order valence-corrected chi connectivity index (χ0v) is 18.3. The van der Waals surface area contributed by atoms with Crippen LogP contribution in [0.15, 0.2) is 52.1 Å². The number of rotatable bonds is 6. The van der Waals surface area contributed by atoms with E-state index in [4.69, 9.17) is 0 Å². The molecular weight excluding hydrogens is 427 g/mol. The number of aromatic nitrogens is 2. The molecule has 3 aromatic rings. The number of likely N-dealkylation sites (tertiary alicyclic amines) is 1. The number of hydrogen-bond acceptors (Lipinski definition) is 5. The molecule has 9 heteroatoms. The van der Waals surface area contributed by atoms with Gasteiger partial charge in [-0.2, -0.15) is 0 Å². The molecule has 2 N–H and O–H groups in total. The molecule has 0 aliphatic carbocycles. The summed E-state index contributed by atoms with van der Waals surface area (Å²) in [5, 5.41) is 2.96. The number of carbonyl (C=O) groups is 2. The van der Waals surface area contributed by atoms with Gasteiger partial charge in [-0.3, -0.25) is 19.0 Å². The van der Waals surface area contributed by atoms with Crippen molar-refractivity contribution in [2.75, 3.05) is 25.0 Å². The quantitative estimate of drug-likeness (QED) is 0.559. The van der Waals surface area contributed by atoms with Crippen molar-refractivity contribution in [1.29, 1.82) is 0 Å². The van der Waals surface area contributed by atoms with Crippen LogP contribution in [0.25, 0.3) is 10.9 Å². The van der Waals surface area contributed by atoms with Gasteiger partial charge < -0.3 is 15.2 Å². The summed E-state index contributed by atoms with van der Waals surface area (Å²) in [6.07, 6.45) is 1.33. The number of aromatic amines is 1. The Bertz CT molecular complexity index is 1300. The van der Waals surface area contributed by atoms with E-state index in [1.807, 2.05) is 0 Å². The summed E-state index contributed by atoms with van der Waals surface area (Å²) in [5.74, 6) is -0.718. The predicted molar refractivity (Wildman–Crippen MR) is 123 cm³/mol. The fraction of sp³-hybridized carbons (Fsp3) is 0.333. The van der Waals surface area contributed by atoms with E-state index in [0.29, 0.717) is 54.6 Å². The number of ketones is 1. The van der Waals surface area contributed by atoms with Crippen LogP contribution in [-0.2, 0) is 11.3 Å². The number of fused-ring (bicyclic) bond motifs is 1. The zero-order chi connectivity index (χ0) is 23.5. The van der Waals surface area contributed by atoms with E-state index in [9.17, 15) is 23.6 Å². The third-order valence-corrected chi connectivity index (χ3v) is 6.03. The largest absolute Gasteiger partial charge is 0.328 e. The maximum absolute atomic E-state index is 13.1. The molecule has 1 aliphatic rings. The number of nitrogens with one attached hydrogen (secondary N) is 2. The van der Waals surface area contributed by atoms with Crippen molar-refractivity contribution in [3.63, 3.8) is 0 Å². The average Bonchev–Trinajstić information content (AvgIpc) is 2.79. The lowest BCUT2D eigenvalue weighted by molar-refractivity contribution is -0.114. The predicted octanol–water partition coefficient (Wildman–Crippen LogP) is 2.38. The Kier molecular flexibility index (Phi) is 6.50. The van der Waals surface area contributed by atoms with E-state index in [1.165, 1.54) is 31.2 Å². The van der Waals surface area contributed by atoms with Crippen molar-refractivity contribution >= 4 is 28.3 Å². The molecule has 0 bridgehead atoms. The third-order valence-electron chi connectivity index (χ3n) is 6.03. The number of amides is 1. The van der Waals surface area contributed by atoms with Crippen molar-refractivity contribution in [3.8, 4) is 0 Å².